The highest BCUT2D eigenvalue weighted by Crippen LogP contribution is 2.32. The highest BCUT2D eigenvalue weighted by molar-refractivity contribution is 5.41. The summed E-state index contributed by atoms with van der Waals surface area (Å²) in [5.74, 6) is 2.61. The predicted octanol–water partition coefficient (Wildman–Crippen LogP) is 0.978. The summed E-state index contributed by atoms with van der Waals surface area (Å²) in [6, 6.07) is 14.7. The van der Waals surface area contributed by atoms with Crippen molar-refractivity contribution in [3.05, 3.63) is 48.5 Å². The third kappa shape index (κ3) is 4.10. The minimum absolute atomic E-state index is 0.261. The first kappa shape index (κ1) is 17.9. The molecule has 2 aromatic carbocycles. The molecule has 2 aliphatic heterocycles. The van der Waals surface area contributed by atoms with Crippen molar-refractivity contribution in [1.29, 1.82) is 0 Å². The molecule has 0 radical (unpaired) electrons. The number of para-hydroxylation sites is 4. The van der Waals surface area contributed by atoms with Crippen LogP contribution in [0.3, 0.4) is 0 Å². The minimum atomic E-state index is -0.769. The smallest absolute Gasteiger partial charge is 0.161 e. The number of fused-ring (bicyclic) bond motifs is 2. The molecule has 27 heavy (non-hydrogen) atoms. The summed E-state index contributed by atoms with van der Waals surface area (Å²) in [5, 5.41) is 23.8. The fourth-order valence-electron chi connectivity index (χ4n) is 3.09. The van der Waals surface area contributed by atoms with Gasteiger partial charge in [-0.2, -0.15) is 0 Å². The molecule has 0 spiro atoms. The summed E-state index contributed by atoms with van der Waals surface area (Å²) >= 11 is 0. The zero-order valence-corrected chi connectivity index (χ0v) is 14.8. The standard InChI is InChI=1S/C20H23NO6/c22-13(19-11-24-15-5-1-3-7-17(15)26-19)9-21-10-14(23)20-12-25-16-6-2-4-8-18(16)27-20/h1-8,13-14,19-23H,9-12H2. The van der Waals surface area contributed by atoms with Crippen LogP contribution in [0.25, 0.3) is 0 Å². The van der Waals surface area contributed by atoms with E-state index in [1.807, 2.05) is 48.5 Å². The lowest BCUT2D eigenvalue weighted by Gasteiger charge is -2.31. The number of aliphatic hydroxyl groups is 2. The Balaban J connectivity index is 1.23. The van der Waals surface area contributed by atoms with Gasteiger partial charge in [-0.15, -0.1) is 0 Å². The van der Waals surface area contributed by atoms with E-state index in [2.05, 4.69) is 5.32 Å². The second-order valence-electron chi connectivity index (χ2n) is 6.62. The Kier molecular flexibility index (Phi) is 5.33. The Morgan fingerprint density at radius 1 is 0.741 bits per heavy atom. The average molecular weight is 373 g/mol. The van der Waals surface area contributed by atoms with E-state index in [0.29, 0.717) is 23.0 Å². The number of nitrogens with one attached hydrogen (secondary N) is 1. The Hall–Kier alpha value is -2.48. The molecule has 7 nitrogen and oxygen atoms in total. The Bertz CT molecular complexity index is 706. The number of hydrogen-bond donors (Lipinski definition) is 3. The van der Waals surface area contributed by atoms with Crippen molar-refractivity contribution < 1.29 is 29.2 Å². The molecule has 0 fully saturated rings. The first-order valence-corrected chi connectivity index (χ1v) is 9.04. The van der Waals surface area contributed by atoms with Crippen LogP contribution in [0, 0.1) is 0 Å². The Morgan fingerprint density at radius 3 is 1.59 bits per heavy atom. The number of hydrogen-bond acceptors (Lipinski definition) is 7. The molecule has 0 bridgehead atoms. The van der Waals surface area contributed by atoms with Crippen molar-refractivity contribution in [2.75, 3.05) is 26.3 Å². The quantitative estimate of drug-likeness (QED) is 0.695. The van der Waals surface area contributed by atoms with Crippen LogP contribution in [0.2, 0.25) is 0 Å². The maximum absolute atomic E-state index is 10.3. The van der Waals surface area contributed by atoms with Crippen LogP contribution in [0.15, 0.2) is 48.5 Å². The summed E-state index contributed by atoms with van der Waals surface area (Å²) in [5.41, 5.74) is 0. The summed E-state index contributed by atoms with van der Waals surface area (Å²) in [7, 11) is 0. The topological polar surface area (TPSA) is 89.4 Å². The van der Waals surface area contributed by atoms with Gasteiger partial charge in [-0.25, -0.2) is 0 Å². The third-order valence-electron chi connectivity index (χ3n) is 4.63. The van der Waals surface area contributed by atoms with E-state index < -0.39 is 24.4 Å². The van der Waals surface area contributed by atoms with E-state index in [9.17, 15) is 10.2 Å². The Labute approximate surface area is 157 Å². The summed E-state index contributed by atoms with van der Waals surface area (Å²) in [6.45, 7) is 1.08. The van der Waals surface area contributed by atoms with Gasteiger partial charge in [-0.3, -0.25) is 0 Å². The predicted molar refractivity (Wildman–Crippen MR) is 97.6 cm³/mol. The molecule has 2 aliphatic rings. The summed E-state index contributed by atoms with van der Waals surface area (Å²) in [4.78, 5) is 0. The second-order valence-corrected chi connectivity index (χ2v) is 6.62. The van der Waals surface area contributed by atoms with Gasteiger partial charge in [-0.1, -0.05) is 24.3 Å². The Morgan fingerprint density at radius 2 is 1.15 bits per heavy atom. The van der Waals surface area contributed by atoms with E-state index in [4.69, 9.17) is 18.9 Å². The van der Waals surface area contributed by atoms with Crippen molar-refractivity contribution in [3.8, 4) is 23.0 Å². The molecule has 4 atom stereocenters. The molecule has 0 aliphatic carbocycles. The summed E-state index contributed by atoms with van der Waals surface area (Å²) < 4.78 is 22.8. The molecule has 2 heterocycles. The van der Waals surface area contributed by atoms with Crippen molar-refractivity contribution in [2.24, 2.45) is 0 Å². The first-order valence-electron chi connectivity index (χ1n) is 9.04. The lowest BCUT2D eigenvalue weighted by atomic mass is 10.1. The van der Waals surface area contributed by atoms with Crippen molar-refractivity contribution in [2.45, 2.75) is 24.4 Å². The number of rotatable bonds is 6. The van der Waals surface area contributed by atoms with Gasteiger partial charge in [0.1, 0.15) is 25.4 Å². The van der Waals surface area contributed by atoms with Crippen molar-refractivity contribution in [3.63, 3.8) is 0 Å². The van der Waals surface area contributed by atoms with Crippen LogP contribution < -0.4 is 24.3 Å². The zero-order chi connectivity index (χ0) is 18.6. The first-order chi connectivity index (χ1) is 13.2. The molecule has 7 heteroatoms. The molecule has 0 aromatic heterocycles. The van der Waals surface area contributed by atoms with Crippen LogP contribution >= 0.6 is 0 Å². The van der Waals surface area contributed by atoms with Gasteiger partial charge in [0.25, 0.3) is 0 Å². The van der Waals surface area contributed by atoms with Gasteiger partial charge < -0.3 is 34.5 Å². The van der Waals surface area contributed by atoms with Gasteiger partial charge in [0.05, 0.1) is 0 Å². The average Bonchev–Trinajstić information content (AvgIpc) is 2.72. The molecule has 0 amide bonds. The maximum Gasteiger partial charge on any atom is 0.161 e. The van der Waals surface area contributed by atoms with Crippen molar-refractivity contribution in [1.82, 2.24) is 5.32 Å². The van der Waals surface area contributed by atoms with Crippen LogP contribution in [0.4, 0.5) is 0 Å². The highest BCUT2D eigenvalue weighted by Gasteiger charge is 2.29. The third-order valence-corrected chi connectivity index (χ3v) is 4.63. The molecule has 144 valence electrons. The molecule has 3 N–H and O–H groups in total. The van der Waals surface area contributed by atoms with E-state index in [1.165, 1.54) is 0 Å². The lowest BCUT2D eigenvalue weighted by molar-refractivity contribution is -0.0212. The normalized spacial score (nSPS) is 22.7. The largest absolute Gasteiger partial charge is 0.486 e. The van der Waals surface area contributed by atoms with Gasteiger partial charge in [0, 0.05) is 13.1 Å². The van der Waals surface area contributed by atoms with Gasteiger partial charge >= 0.3 is 0 Å². The van der Waals surface area contributed by atoms with Crippen LogP contribution in [0.5, 0.6) is 23.0 Å². The number of benzene rings is 2. The monoisotopic (exact) mass is 373 g/mol. The van der Waals surface area contributed by atoms with Gasteiger partial charge in [0.2, 0.25) is 0 Å². The van der Waals surface area contributed by atoms with E-state index in [1.54, 1.807) is 0 Å². The van der Waals surface area contributed by atoms with Crippen LogP contribution in [-0.4, -0.2) is 60.9 Å². The van der Waals surface area contributed by atoms with Gasteiger partial charge in [0.15, 0.2) is 35.2 Å². The molecule has 2 aromatic rings. The number of ether oxygens (including phenoxy) is 4. The minimum Gasteiger partial charge on any atom is -0.486 e. The fraction of sp³-hybridized carbons (Fsp3) is 0.400. The number of aliphatic hydroxyl groups excluding tert-OH is 2. The zero-order valence-electron chi connectivity index (χ0n) is 14.8. The fourth-order valence-corrected chi connectivity index (χ4v) is 3.09. The molecule has 4 rings (SSSR count). The lowest BCUT2D eigenvalue weighted by Crippen LogP contribution is -2.49. The van der Waals surface area contributed by atoms with Crippen molar-refractivity contribution >= 4 is 0 Å². The molecule has 0 saturated heterocycles. The van der Waals surface area contributed by atoms with E-state index >= 15 is 0 Å². The molecule has 4 unspecified atom stereocenters. The van der Waals surface area contributed by atoms with Crippen LogP contribution in [-0.2, 0) is 0 Å². The van der Waals surface area contributed by atoms with E-state index in [-0.39, 0.29) is 26.3 Å². The SMILES string of the molecule is OC(CNCC(O)C1COc2ccccc2O1)C1COc2ccccc2O1. The molecular weight excluding hydrogens is 350 g/mol. The van der Waals surface area contributed by atoms with Gasteiger partial charge in [-0.05, 0) is 24.3 Å². The summed E-state index contributed by atoms with van der Waals surface area (Å²) in [6.07, 6.45) is -2.47. The molecule has 0 saturated carbocycles. The van der Waals surface area contributed by atoms with Crippen LogP contribution in [0.1, 0.15) is 0 Å². The van der Waals surface area contributed by atoms with E-state index in [0.717, 1.165) is 0 Å². The second kappa shape index (κ2) is 8.04. The molecular formula is C20H23NO6. The highest BCUT2D eigenvalue weighted by atomic mass is 16.6. The maximum atomic E-state index is 10.3.